The van der Waals surface area contributed by atoms with Crippen LogP contribution in [-0.2, 0) is 14.2 Å². The van der Waals surface area contributed by atoms with Crippen LogP contribution in [0.25, 0.3) is 0 Å². The lowest BCUT2D eigenvalue weighted by Gasteiger charge is -2.36. The SMILES string of the molecule is COCCN(C[C@@H]1CN(C[C@@H](O)COCC(F)(F)C(F)F)CCO1)C(=O)c1ccc(C)cc1. The van der Waals surface area contributed by atoms with Crippen molar-refractivity contribution >= 4 is 5.91 Å². The van der Waals surface area contributed by atoms with Crippen LogP contribution in [0.3, 0.4) is 0 Å². The molecule has 1 aromatic rings. The monoisotopic (exact) mass is 480 g/mol. The van der Waals surface area contributed by atoms with Gasteiger partial charge in [-0.2, -0.15) is 8.78 Å². The number of ether oxygens (including phenoxy) is 3. The van der Waals surface area contributed by atoms with E-state index in [0.717, 1.165) is 5.56 Å². The number of amides is 1. The maximum Gasteiger partial charge on any atom is 0.330 e. The predicted octanol–water partition coefficient (Wildman–Crippen LogP) is 2.06. The van der Waals surface area contributed by atoms with Crippen LogP contribution in [0.4, 0.5) is 17.6 Å². The van der Waals surface area contributed by atoms with Gasteiger partial charge in [0.2, 0.25) is 0 Å². The van der Waals surface area contributed by atoms with Gasteiger partial charge < -0.3 is 24.2 Å². The summed E-state index contributed by atoms with van der Waals surface area (Å²) in [5.74, 6) is -4.40. The lowest BCUT2D eigenvalue weighted by molar-refractivity contribution is -0.171. The number of rotatable bonds is 13. The molecule has 11 heteroatoms. The average molecular weight is 480 g/mol. The largest absolute Gasteiger partial charge is 0.389 e. The van der Waals surface area contributed by atoms with Gasteiger partial charge in [-0.3, -0.25) is 9.69 Å². The van der Waals surface area contributed by atoms with Crippen LogP contribution in [-0.4, -0.2) is 112 Å². The molecule has 1 aliphatic heterocycles. The molecule has 0 radical (unpaired) electrons. The van der Waals surface area contributed by atoms with Gasteiger partial charge in [0.05, 0.1) is 32.0 Å². The number of alkyl halides is 4. The standard InChI is InChI=1S/C22H32F4N2O5/c1-16-3-5-17(6-4-16)20(30)28(8-9-31-2)13-19-12-27(7-10-33-19)11-18(29)14-32-15-22(25,26)21(23)24/h3-6,18-19,21,29H,7-15H2,1-2H3/t18-,19+/m1/s1. The maximum absolute atomic E-state index is 13.0. The maximum atomic E-state index is 13.0. The second-order valence-electron chi connectivity index (χ2n) is 8.09. The molecule has 0 bridgehead atoms. The lowest BCUT2D eigenvalue weighted by atomic mass is 10.1. The van der Waals surface area contributed by atoms with Crippen molar-refractivity contribution < 1.29 is 41.7 Å². The second kappa shape index (κ2) is 13.2. The number of benzene rings is 1. The molecular formula is C22H32F4N2O5. The lowest BCUT2D eigenvalue weighted by Crippen LogP contribution is -2.51. The Morgan fingerprint density at radius 3 is 2.67 bits per heavy atom. The molecule has 1 N–H and O–H groups in total. The summed E-state index contributed by atoms with van der Waals surface area (Å²) in [6.07, 6.45) is -5.28. The number of morpholine rings is 1. The summed E-state index contributed by atoms with van der Waals surface area (Å²) in [7, 11) is 1.55. The number of aryl methyl sites for hydroxylation is 1. The van der Waals surface area contributed by atoms with Gasteiger partial charge >= 0.3 is 12.3 Å². The van der Waals surface area contributed by atoms with Crippen molar-refractivity contribution in [1.82, 2.24) is 9.80 Å². The van der Waals surface area contributed by atoms with E-state index in [9.17, 15) is 27.5 Å². The van der Waals surface area contributed by atoms with Crippen LogP contribution < -0.4 is 0 Å². The Morgan fingerprint density at radius 1 is 1.33 bits per heavy atom. The summed E-state index contributed by atoms with van der Waals surface area (Å²) < 4.78 is 65.6. The van der Waals surface area contributed by atoms with E-state index in [1.807, 2.05) is 24.0 Å². The number of nitrogens with zero attached hydrogens (tertiary/aromatic N) is 2. The van der Waals surface area contributed by atoms with Crippen molar-refractivity contribution in [3.05, 3.63) is 35.4 Å². The number of hydrogen-bond acceptors (Lipinski definition) is 6. The minimum absolute atomic E-state index is 0.101. The Bertz CT molecular complexity index is 723. The Kier molecular flexibility index (Phi) is 11.0. The first-order valence-electron chi connectivity index (χ1n) is 10.7. The molecular weight excluding hydrogens is 448 g/mol. The van der Waals surface area contributed by atoms with Crippen LogP contribution in [0.5, 0.6) is 0 Å². The highest BCUT2D eigenvalue weighted by atomic mass is 19.3. The van der Waals surface area contributed by atoms with E-state index in [1.54, 1.807) is 24.1 Å². The van der Waals surface area contributed by atoms with Gasteiger partial charge in [-0.1, -0.05) is 17.7 Å². The van der Waals surface area contributed by atoms with E-state index >= 15 is 0 Å². The number of carbonyl (C=O) groups excluding carboxylic acids is 1. The summed E-state index contributed by atoms with van der Waals surface area (Å²) in [5.41, 5.74) is 1.60. The quantitative estimate of drug-likeness (QED) is 0.436. The predicted molar refractivity (Wildman–Crippen MR) is 113 cm³/mol. The molecule has 0 spiro atoms. The van der Waals surface area contributed by atoms with E-state index in [1.165, 1.54) is 0 Å². The Balaban J connectivity index is 1.87. The normalized spacial score (nSPS) is 18.5. The van der Waals surface area contributed by atoms with E-state index in [2.05, 4.69) is 4.74 Å². The van der Waals surface area contributed by atoms with Crippen LogP contribution in [0, 0.1) is 6.92 Å². The van der Waals surface area contributed by atoms with E-state index in [4.69, 9.17) is 9.47 Å². The molecule has 1 aromatic carbocycles. The molecule has 33 heavy (non-hydrogen) atoms. The third-order valence-corrected chi connectivity index (χ3v) is 5.19. The Labute approximate surface area is 191 Å². The summed E-state index contributed by atoms with van der Waals surface area (Å²) in [6.45, 7) is 2.37. The number of halogens is 4. The highest BCUT2D eigenvalue weighted by molar-refractivity contribution is 5.94. The third-order valence-electron chi connectivity index (χ3n) is 5.19. The Hall–Kier alpha value is -1.79. The molecule has 0 aromatic heterocycles. The molecule has 1 aliphatic rings. The highest BCUT2D eigenvalue weighted by Gasteiger charge is 2.41. The number of β-amino-alcohol motifs (C(OH)–C–C–N with tert-alkyl or cyclic N) is 1. The molecule has 1 amide bonds. The van der Waals surface area contributed by atoms with Crippen LogP contribution in [0.2, 0.25) is 0 Å². The minimum Gasteiger partial charge on any atom is -0.389 e. The molecule has 188 valence electrons. The summed E-state index contributed by atoms with van der Waals surface area (Å²) in [6, 6.07) is 7.25. The second-order valence-corrected chi connectivity index (χ2v) is 8.09. The minimum atomic E-state index is -4.25. The molecule has 0 unspecified atom stereocenters. The molecule has 0 saturated carbocycles. The van der Waals surface area contributed by atoms with Crippen molar-refractivity contribution in [3.63, 3.8) is 0 Å². The summed E-state index contributed by atoms with van der Waals surface area (Å²) in [4.78, 5) is 16.5. The van der Waals surface area contributed by atoms with Crippen molar-refractivity contribution in [2.45, 2.75) is 31.5 Å². The molecule has 2 rings (SSSR count). The highest BCUT2D eigenvalue weighted by Crippen LogP contribution is 2.23. The summed E-state index contributed by atoms with van der Waals surface area (Å²) >= 11 is 0. The molecule has 0 aliphatic carbocycles. The van der Waals surface area contributed by atoms with Gasteiger partial charge in [-0.05, 0) is 19.1 Å². The van der Waals surface area contributed by atoms with Crippen molar-refractivity contribution in [2.75, 3.05) is 66.3 Å². The molecule has 1 fully saturated rings. The van der Waals surface area contributed by atoms with Gasteiger partial charge in [-0.15, -0.1) is 0 Å². The zero-order valence-corrected chi connectivity index (χ0v) is 18.9. The van der Waals surface area contributed by atoms with E-state index < -0.39 is 31.7 Å². The van der Waals surface area contributed by atoms with Gasteiger partial charge in [0, 0.05) is 45.4 Å². The fraction of sp³-hybridized carbons (Fsp3) is 0.682. The number of methoxy groups -OCH3 is 1. The first-order valence-corrected chi connectivity index (χ1v) is 10.7. The zero-order valence-electron chi connectivity index (χ0n) is 18.9. The molecule has 1 heterocycles. The number of hydrogen-bond donors (Lipinski definition) is 1. The average Bonchev–Trinajstić information content (AvgIpc) is 2.76. The van der Waals surface area contributed by atoms with Gasteiger partial charge in [0.25, 0.3) is 5.91 Å². The number of aliphatic hydroxyl groups is 1. The van der Waals surface area contributed by atoms with Crippen molar-refractivity contribution in [2.24, 2.45) is 0 Å². The van der Waals surface area contributed by atoms with Gasteiger partial charge in [0.15, 0.2) is 0 Å². The van der Waals surface area contributed by atoms with Crippen molar-refractivity contribution in [1.29, 1.82) is 0 Å². The fourth-order valence-corrected chi connectivity index (χ4v) is 3.40. The molecule has 1 saturated heterocycles. The summed E-state index contributed by atoms with van der Waals surface area (Å²) in [5, 5.41) is 10.1. The zero-order chi connectivity index (χ0) is 24.4. The van der Waals surface area contributed by atoms with E-state index in [0.29, 0.717) is 45.0 Å². The first-order chi connectivity index (χ1) is 15.6. The van der Waals surface area contributed by atoms with E-state index in [-0.39, 0.29) is 18.6 Å². The number of aliphatic hydroxyl groups excluding tert-OH is 1. The fourth-order valence-electron chi connectivity index (χ4n) is 3.40. The van der Waals surface area contributed by atoms with Crippen molar-refractivity contribution in [3.8, 4) is 0 Å². The van der Waals surface area contributed by atoms with Gasteiger partial charge in [-0.25, -0.2) is 8.78 Å². The smallest absolute Gasteiger partial charge is 0.330 e. The number of carbonyl (C=O) groups is 1. The molecule has 2 atom stereocenters. The van der Waals surface area contributed by atoms with Crippen LogP contribution >= 0.6 is 0 Å². The Morgan fingerprint density at radius 2 is 2.03 bits per heavy atom. The molecule has 7 nitrogen and oxygen atoms in total. The third kappa shape index (κ3) is 9.17. The van der Waals surface area contributed by atoms with Crippen LogP contribution in [0.15, 0.2) is 24.3 Å². The van der Waals surface area contributed by atoms with Crippen LogP contribution in [0.1, 0.15) is 15.9 Å². The first kappa shape index (κ1) is 27.5. The van der Waals surface area contributed by atoms with Gasteiger partial charge in [0.1, 0.15) is 6.61 Å². The topological polar surface area (TPSA) is 71.5 Å².